The van der Waals surface area contributed by atoms with Gasteiger partial charge in [-0.3, -0.25) is 4.79 Å². The minimum atomic E-state index is -1.30. The van der Waals surface area contributed by atoms with Gasteiger partial charge in [-0.2, -0.15) is 4.68 Å². The SMILES string of the molecule is O=c1[nH]cnc2c1nnn2[C@@H]1O[C@H](CO)[C@H](O)[C@H]1O. The lowest BCUT2D eigenvalue weighted by molar-refractivity contribution is -0.0574. The van der Waals surface area contributed by atoms with Gasteiger partial charge in [-0.05, 0) is 0 Å². The molecule has 0 amide bonds. The summed E-state index contributed by atoms with van der Waals surface area (Å²) in [6.45, 7) is -0.449. The molecule has 2 aromatic rings. The van der Waals surface area contributed by atoms with Crippen molar-refractivity contribution in [3.8, 4) is 0 Å². The first-order valence-corrected chi connectivity index (χ1v) is 5.54. The van der Waals surface area contributed by atoms with Gasteiger partial charge in [0.05, 0.1) is 12.9 Å². The molecule has 10 heteroatoms. The van der Waals surface area contributed by atoms with Crippen LogP contribution in [-0.2, 0) is 4.74 Å². The van der Waals surface area contributed by atoms with Crippen LogP contribution in [0.15, 0.2) is 11.1 Å². The molecule has 1 fully saturated rings. The number of aliphatic hydroxyl groups is 3. The van der Waals surface area contributed by atoms with Crippen LogP contribution in [0.4, 0.5) is 0 Å². The topological polar surface area (TPSA) is 146 Å². The monoisotopic (exact) mass is 269 g/mol. The Kier molecular flexibility index (Phi) is 2.78. The average Bonchev–Trinajstić information content (AvgIpc) is 2.94. The number of aliphatic hydroxyl groups excluding tert-OH is 3. The highest BCUT2D eigenvalue weighted by Crippen LogP contribution is 2.29. The molecule has 3 rings (SSSR count). The van der Waals surface area contributed by atoms with Gasteiger partial charge in [-0.25, -0.2) is 4.98 Å². The molecule has 0 aliphatic carbocycles. The number of H-pyrrole nitrogens is 1. The van der Waals surface area contributed by atoms with Crippen LogP contribution in [0.5, 0.6) is 0 Å². The average molecular weight is 269 g/mol. The molecule has 0 aromatic carbocycles. The first-order chi connectivity index (χ1) is 9.13. The molecule has 1 aliphatic heterocycles. The van der Waals surface area contributed by atoms with E-state index < -0.39 is 36.7 Å². The van der Waals surface area contributed by atoms with Crippen molar-refractivity contribution in [1.82, 2.24) is 25.0 Å². The van der Waals surface area contributed by atoms with E-state index in [0.29, 0.717) is 0 Å². The number of nitrogens with zero attached hydrogens (tertiary/aromatic N) is 4. The summed E-state index contributed by atoms with van der Waals surface area (Å²) in [5, 5.41) is 35.9. The number of aromatic nitrogens is 5. The van der Waals surface area contributed by atoms with E-state index in [4.69, 9.17) is 9.84 Å². The second-order valence-corrected chi connectivity index (χ2v) is 4.17. The van der Waals surface area contributed by atoms with E-state index in [1.165, 1.54) is 6.33 Å². The Bertz CT molecular complexity index is 654. The minimum absolute atomic E-state index is 0.000221. The summed E-state index contributed by atoms with van der Waals surface area (Å²) in [6, 6.07) is 0. The lowest BCUT2D eigenvalue weighted by Crippen LogP contribution is -2.33. The molecular weight excluding hydrogens is 258 g/mol. The number of hydrogen-bond acceptors (Lipinski definition) is 8. The third-order valence-corrected chi connectivity index (χ3v) is 3.03. The lowest BCUT2D eigenvalue weighted by atomic mass is 10.1. The number of hydrogen-bond donors (Lipinski definition) is 4. The van der Waals surface area contributed by atoms with Gasteiger partial charge in [0.25, 0.3) is 5.56 Å². The van der Waals surface area contributed by atoms with Crippen molar-refractivity contribution in [3.63, 3.8) is 0 Å². The highest BCUT2D eigenvalue weighted by molar-refractivity contribution is 5.67. The highest BCUT2D eigenvalue weighted by Gasteiger charge is 2.44. The van der Waals surface area contributed by atoms with Crippen LogP contribution in [0.25, 0.3) is 11.2 Å². The van der Waals surface area contributed by atoms with Gasteiger partial charge >= 0.3 is 0 Å². The number of aromatic amines is 1. The minimum Gasteiger partial charge on any atom is -0.394 e. The zero-order chi connectivity index (χ0) is 13.6. The lowest BCUT2D eigenvalue weighted by Gasteiger charge is -2.14. The fourth-order valence-electron chi connectivity index (χ4n) is 2.03. The Labute approximate surface area is 105 Å². The largest absolute Gasteiger partial charge is 0.394 e. The molecule has 4 atom stereocenters. The Hall–Kier alpha value is -1.88. The van der Waals surface area contributed by atoms with Gasteiger partial charge < -0.3 is 25.0 Å². The third-order valence-electron chi connectivity index (χ3n) is 3.03. The first kappa shape index (κ1) is 12.2. The highest BCUT2D eigenvalue weighted by atomic mass is 16.6. The Morgan fingerprint density at radius 2 is 2.21 bits per heavy atom. The number of nitrogens with one attached hydrogen (secondary N) is 1. The maximum absolute atomic E-state index is 11.5. The second-order valence-electron chi connectivity index (χ2n) is 4.17. The first-order valence-electron chi connectivity index (χ1n) is 5.54. The number of ether oxygens (including phenoxy) is 1. The standard InChI is InChI=1S/C9H11N5O5/c15-1-3-5(16)6(17)9(19-3)14-7-4(12-13-14)8(18)11-2-10-7/h2-3,5-6,9,15-17H,1H2,(H,10,11,18)/t3-,5+,6-,9-/m1/s1. The van der Waals surface area contributed by atoms with Crippen LogP contribution in [0.3, 0.4) is 0 Å². The fraction of sp³-hybridized carbons (Fsp3) is 0.556. The number of fused-ring (bicyclic) bond motifs is 1. The quantitative estimate of drug-likeness (QED) is 0.455. The van der Waals surface area contributed by atoms with Crippen molar-refractivity contribution in [2.24, 2.45) is 0 Å². The van der Waals surface area contributed by atoms with Crippen LogP contribution < -0.4 is 5.56 Å². The summed E-state index contributed by atoms with van der Waals surface area (Å²) < 4.78 is 6.39. The molecule has 1 saturated heterocycles. The van der Waals surface area contributed by atoms with Crippen LogP contribution >= 0.6 is 0 Å². The molecule has 0 saturated carbocycles. The molecule has 0 radical (unpaired) electrons. The molecule has 4 N–H and O–H groups in total. The van der Waals surface area contributed by atoms with E-state index in [1.807, 2.05) is 0 Å². The summed E-state index contributed by atoms with van der Waals surface area (Å²) in [5.41, 5.74) is -0.346. The Morgan fingerprint density at radius 1 is 1.42 bits per heavy atom. The van der Waals surface area contributed by atoms with E-state index in [9.17, 15) is 15.0 Å². The summed E-state index contributed by atoms with van der Waals surface area (Å²) in [4.78, 5) is 17.7. The van der Waals surface area contributed by atoms with Crippen molar-refractivity contribution in [3.05, 3.63) is 16.7 Å². The maximum atomic E-state index is 11.5. The molecule has 19 heavy (non-hydrogen) atoms. The normalized spacial score (nSPS) is 31.1. The van der Waals surface area contributed by atoms with Crippen molar-refractivity contribution >= 4 is 11.2 Å². The molecule has 1 aliphatic rings. The third kappa shape index (κ3) is 1.73. The molecule has 3 heterocycles. The Morgan fingerprint density at radius 3 is 2.89 bits per heavy atom. The zero-order valence-corrected chi connectivity index (χ0v) is 9.54. The van der Waals surface area contributed by atoms with Crippen molar-refractivity contribution in [2.75, 3.05) is 6.61 Å². The summed E-state index contributed by atoms with van der Waals surface area (Å²) in [7, 11) is 0. The molecule has 102 valence electrons. The van der Waals surface area contributed by atoms with Crippen molar-refractivity contribution in [1.29, 1.82) is 0 Å². The number of rotatable bonds is 2. The molecule has 0 bridgehead atoms. The van der Waals surface area contributed by atoms with Gasteiger partial charge in [0.2, 0.25) is 0 Å². The van der Waals surface area contributed by atoms with E-state index in [0.717, 1.165) is 4.68 Å². The van der Waals surface area contributed by atoms with E-state index in [-0.39, 0.29) is 11.2 Å². The predicted octanol–water partition coefficient (Wildman–Crippen LogP) is -2.87. The van der Waals surface area contributed by atoms with E-state index >= 15 is 0 Å². The fourth-order valence-corrected chi connectivity index (χ4v) is 2.03. The summed E-state index contributed by atoms with van der Waals surface area (Å²) >= 11 is 0. The summed E-state index contributed by atoms with van der Waals surface area (Å²) in [5.74, 6) is 0. The van der Waals surface area contributed by atoms with Crippen molar-refractivity contribution in [2.45, 2.75) is 24.5 Å². The molecular formula is C9H11N5O5. The van der Waals surface area contributed by atoms with E-state index in [1.54, 1.807) is 0 Å². The summed E-state index contributed by atoms with van der Waals surface area (Å²) in [6.07, 6.45) is -3.38. The van der Waals surface area contributed by atoms with Gasteiger partial charge in [-0.1, -0.05) is 5.21 Å². The second kappa shape index (κ2) is 4.35. The van der Waals surface area contributed by atoms with Gasteiger partial charge in [0.1, 0.15) is 18.3 Å². The van der Waals surface area contributed by atoms with Crippen LogP contribution in [0.1, 0.15) is 6.23 Å². The van der Waals surface area contributed by atoms with Crippen LogP contribution in [0.2, 0.25) is 0 Å². The van der Waals surface area contributed by atoms with Gasteiger partial charge in [-0.15, -0.1) is 5.10 Å². The molecule has 0 spiro atoms. The molecule has 2 aromatic heterocycles. The smallest absolute Gasteiger partial charge is 0.280 e. The molecule has 10 nitrogen and oxygen atoms in total. The molecule has 0 unspecified atom stereocenters. The van der Waals surface area contributed by atoms with Gasteiger partial charge in [0, 0.05) is 0 Å². The predicted molar refractivity (Wildman–Crippen MR) is 59.0 cm³/mol. The maximum Gasteiger partial charge on any atom is 0.280 e. The van der Waals surface area contributed by atoms with Crippen LogP contribution in [0, 0.1) is 0 Å². The van der Waals surface area contributed by atoms with E-state index in [2.05, 4.69) is 20.3 Å². The van der Waals surface area contributed by atoms with Gasteiger partial charge in [0.15, 0.2) is 17.4 Å². The van der Waals surface area contributed by atoms with Crippen molar-refractivity contribution < 1.29 is 20.1 Å². The Balaban J connectivity index is 2.06. The van der Waals surface area contributed by atoms with Crippen LogP contribution in [-0.4, -0.2) is 65.2 Å². The zero-order valence-electron chi connectivity index (χ0n) is 9.54.